The summed E-state index contributed by atoms with van der Waals surface area (Å²) < 4.78 is 32.5. The zero-order valence-corrected chi connectivity index (χ0v) is 20.7. The summed E-state index contributed by atoms with van der Waals surface area (Å²) in [5, 5.41) is 2.92. The van der Waals surface area contributed by atoms with Crippen molar-refractivity contribution in [3.63, 3.8) is 0 Å². The number of hydrogen-bond acceptors (Lipinski definition) is 5. The fraction of sp³-hybridized carbons (Fsp3) is 0.240. The number of benzene rings is 3. The topological polar surface area (TPSA) is 75.7 Å². The van der Waals surface area contributed by atoms with Crippen molar-refractivity contribution in [3.8, 4) is 5.75 Å². The lowest BCUT2D eigenvalue weighted by atomic mass is 10.1. The molecule has 0 aliphatic heterocycles. The van der Waals surface area contributed by atoms with Gasteiger partial charge in [0.25, 0.3) is 15.9 Å². The van der Waals surface area contributed by atoms with Crippen molar-refractivity contribution in [1.29, 1.82) is 0 Å². The molecule has 1 atom stereocenters. The molecule has 3 aromatic carbocycles. The SMILES string of the molecule is CSc1ccc([C@@H](C)NC(=O)COc2ccc(N(C)S(=O)(=O)c3ccc(C)cc3)cc2)cc1. The van der Waals surface area contributed by atoms with E-state index in [2.05, 4.69) is 5.32 Å². The first-order valence-corrected chi connectivity index (χ1v) is 13.1. The minimum absolute atomic E-state index is 0.135. The molecular formula is C25H28N2O4S2. The van der Waals surface area contributed by atoms with Crippen molar-refractivity contribution in [2.24, 2.45) is 0 Å². The van der Waals surface area contributed by atoms with E-state index >= 15 is 0 Å². The van der Waals surface area contributed by atoms with Crippen LogP contribution in [0.5, 0.6) is 5.75 Å². The van der Waals surface area contributed by atoms with Gasteiger partial charge >= 0.3 is 0 Å². The van der Waals surface area contributed by atoms with Crippen molar-refractivity contribution >= 4 is 33.4 Å². The molecule has 6 nitrogen and oxygen atoms in total. The fourth-order valence-corrected chi connectivity index (χ4v) is 4.77. The second-order valence-corrected chi connectivity index (χ2v) is 10.5. The standard InChI is InChI=1S/C25H28N2O4S2/c1-18-5-15-24(16-6-18)33(29,30)27(3)21-9-11-22(12-10-21)31-17-25(28)26-19(2)20-7-13-23(32-4)14-8-20/h5-16,19H,17H2,1-4H3,(H,26,28)/t19-/m1/s1. The third-order valence-corrected chi connectivity index (χ3v) is 7.79. The highest BCUT2D eigenvalue weighted by Crippen LogP contribution is 2.25. The number of carbonyl (C=O) groups is 1. The van der Waals surface area contributed by atoms with Gasteiger partial charge in [-0.25, -0.2) is 8.42 Å². The number of nitrogens with one attached hydrogen (secondary N) is 1. The normalized spacial score (nSPS) is 12.1. The van der Waals surface area contributed by atoms with Crippen molar-refractivity contribution < 1.29 is 17.9 Å². The molecule has 0 unspecified atom stereocenters. The highest BCUT2D eigenvalue weighted by Gasteiger charge is 2.21. The molecule has 0 aliphatic carbocycles. The van der Waals surface area contributed by atoms with Crippen LogP contribution >= 0.6 is 11.8 Å². The predicted molar refractivity (Wildman–Crippen MR) is 133 cm³/mol. The predicted octanol–water partition coefficient (Wildman–Crippen LogP) is 4.80. The molecule has 0 aromatic heterocycles. The molecule has 0 radical (unpaired) electrons. The molecule has 0 saturated heterocycles. The first kappa shape index (κ1) is 24.7. The van der Waals surface area contributed by atoms with Gasteiger partial charge in [0.1, 0.15) is 5.75 Å². The molecule has 1 amide bonds. The maximum atomic E-state index is 12.8. The van der Waals surface area contributed by atoms with Crippen LogP contribution < -0.4 is 14.4 Å². The molecule has 0 fully saturated rings. The zero-order valence-electron chi connectivity index (χ0n) is 19.1. The van der Waals surface area contributed by atoms with Gasteiger partial charge in [0, 0.05) is 11.9 Å². The van der Waals surface area contributed by atoms with Crippen molar-refractivity contribution in [2.75, 3.05) is 24.2 Å². The first-order chi connectivity index (χ1) is 15.7. The molecule has 33 heavy (non-hydrogen) atoms. The molecule has 0 heterocycles. The summed E-state index contributed by atoms with van der Waals surface area (Å²) in [6, 6.07) is 21.2. The molecule has 0 spiro atoms. The number of carbonyl (C=O) groups excluding carboxylic acids is 1. The van der Waals surface area contributed by atoms with E-state index in [4.69, 9.17) is 4.74 Å². The van der Waals surface area contributed by atoms with Crippen LogP contribution in [0.4, 0.5) is 5.69 Å². The number of sulfonamides is 1. The van der Waals surface area contributed by atoms with Gasteiger partial charge < -0.3 is 10.1 Å². The molecule has 174 valence electrons. The molecule has 0 saturated carbocycles. The van der Waals surface area contributed by atoms with Crippen LogP contribution in [-0.2, 0) is 14.8 Å². The highest BCUT2D eigenvalue weighted by molar-refractivity contribution is 7.98. The number of nitrogens with zero attached hydrogens (tertiary/aromatic N) is 1. The van der Waals surface area contributed by atoms with Gasteiger partial charge in [0.15, 0.2) is 6.61 Å². The Morgan fingerprint density at radius 3 is 2.18 bits per heavy atom. The van der Waals surface area contributed by atoms with Crippen molar-refractivity contribution in [2.45, 2.75) is 29.7 Å². The summed E-state index contributed by atoms with van der Waals surface area (Å²) in [6.45, 7) is 3.69. The largest absolute Gasteiger partial charge is 0.484 e. The molecular weight excluding hydrogens is 456 g/mol. The molecule has 8 heteroatoms. The average molecular weight is 485 g/mol. The Balaban J connectivity index is 1.56. The van der Waals surface area contributed by atoms with Gasteiger partial charge in [-0.2, -0.15) is 0 Å². The number of hydrogen-bond donors (Lipinski definition) is 1. The van der Waals surface area contributed by atoms with Crippen LogP contribution in [0.2, 0.25) is 0 Å². The third kappa shape index (κ3) is 6.30. The molecule has 1 N–H and O–H groups in total. The second kappa shape index (κ2) is 10.8. The monoisotopic (exact) mass is 484 g/mol. The number of amides is 1. The van der Waals surface area contributed by atoms with Gasteiger partial charge in [-0.3, -0.25) is 9.10 Å². The number of thioether (sulfide) groups is 1. The summed E-state index contributed by atoms with van der Waals surface area (Å²) in [4.78, 5) is 13.7. The Hall–Kier alpha value is -2.97. The lowest BCUT2D eigenvalue weighted by Gasteiger charge is -2.20. The Labute approximate surface area is 200 Å². The maximum Gasteiger partial charge on any atom is 0.264 e. The second-order valence-electron chi connectivity index (χ2n) is 7.63. The summed E-state index contributed by atoms with van der Waals surface area (Å²) in [7, 11) is -2.16. The minimum atomic E-state index is -3.66. The smallest absolute Gasteiger partial charge is 0.264 e. The Bertz CT molecular complexity index is 1180. The van der Waals surface area contributed by atoms with Crippen LogP contribution in [0.25, 0.3) is 0 Å². The minimum Gasteiger partial charge on any atom is -0.484 e. The third-order valence-electron chi connectivity index (χ3n) is 5.24. The Morgan fingerprint density at radius 1 is 1.00 bits per heavy atom. The molecule has 0 aliphatic rings. The van der Waals surface area contributed by atoms with E-state index in [9.17, 15) is 13.2 Å². The van der Waals surface area contributed by atoms with Crippen LogP contribution in [0.1, 0.15) is 24.1 Å². The van der Waals surface area contributed by atoms with E-state index in [1.807, 2.05) is 44.4 Å². The first-order valence-electron chi connectivity index (χ1n) is 10.4. The quantitative estimate of drug-likeness (QED) is 0.442. The van der Waals surface area contributed by atoms with Crippen molar-refractivity contribution in [1.82, 2.24) is 5.32 Å². The van der Waals surface area contributed by atoms with E-state index in [0.29, 0.717) is 11.4 Å². The molecule has 0 bridgehead atoms. The van der Waals surface area contributed by atoms with Crippen molar-refractivity contribution in [3.05, 3.63) is 83.9 Å². The van der Waals surface area contributed by atoms with Crippen LogP contribution in [-0.4, -0.2) is 34.2 Å². The summed E-state index contributed by atoms with van der Waals surface area (Å²) in [6.07, 6.45) is 2.02. The zero-order chi connectivity index (χ0) is 24.0. The maximum absolute atomic E-state index is 12.8. The summed E-state index contributed by atoms with van der Waals surface area (Å²) in [5.41, 5.74) is 2.50. The number of ether oxygens (including phenoxy) is 1. The average Bonchev–Trinajstić information content (AvgIpc) is 2.83. The van der Waals surface area contributed by atoms with E-state index in [-0.39, 0.29) is 23.5 Å². The highest BCUT2D eigenvalue weighted by atomic mass is 32.2. The van der Waals surface area contributed by atoms with Crippen LogP contribution in [0, 0.1) is 6.92 Å². The number of aryl methyl sites for hydroxylation is 1. The summed E-state index contributed by atoms with van der Waals surface area (Å²) >= 11 is 1.67. The van der Waals surface area contributed by atoms with Gasteiger partial charge in [-0.1, -0.05) is 29.8 Å². The lowest BCUT2D eigenvalue weighted by Crippen LogP contribution is -2.31. The summed E-state index contributed by atoms with van der Waals surface area (Å²) in [5.74, 6) is 0.242. The van der Waals surface area contributed by atoms with Crippen LogP contribution in [0.3, 0.4) is 0 Å². The van der Waals surface area contributed by atoms with E-state index in [0.717, 1.165) is 11.1 Å². The van der Waals surface area contributed by atoms with Gasteiger partial charge in [-0.15, -0.1) is 11.8 Å². The lowest BCUT2D eigenvalue weighted by molar-refractivity contribution is -0.123. The Kier molecular flexibility index (Phi) is 8.05. The Morgan fingerprint density at radius 2 is 1.61 bits per heavy atom. The van der Waals surface area contributed by atoms with Gasteiger partial charge in [0.05, 0.1) is 16.6 Å². The van der Waals surface area contributed by atoms with E-state index < -0.39 is 10.0 Å². The number of anilines is 1. The number of rotatable bonds is 9. The van der Waals surface area contributed by atoms with Crippen LogP contribution in [0.15, 0.2) is 82.6 Å². The molecule has 3 aromatic rings. The van der Waals surface area contributed by atoms with Gasteiger partial charge in [0.2, 0.25) is 0 Å². The van der Waals surface area contributed by atoms with E-state index in [1.165, 1.54) is 16.2 Å². The molecule has 3 rings (SSSR count). The van der Waals surface area contributed by atoms with E-state index in [1.54, 1.807) is 60.3 Å². The van der Waals surface area contributed by atoms with Gasteiger partial charge in [-0.05, 0) is 74.2 Å². The fourth-order valence-electron chi connectivity index (χ4n) is 3.17.